The van der Waals surface area contributed by atoms with Gasteiger partial charge in [-0.15, -0.1) is 11.3 Å². The van der Waals surface area contributed by atoms with Crippen molar-refractivity contribution < 1.29 is 4.79 Å². The summed E-state index contributed by atoms with van der Waals surface area (Å²) >= 11 is 1.44. The van der Waals surface area contributed by atoms with Crippen LogP contribution in [0.1, 0.15) is 46.6 Å². The summed E-state index contributed by atoms with van der Waals surface area (Å²) in [6.45, 7) is 8.75. The molecule has 3 heterocycles. The van der Waals surface area contributed by atoms with Gasteiger partial charge in [-0.1, -0.05) is 39.0 Å². The Morgan fingerprint density at radius 2 is 1.88 bits per heavy atom. The number of anilines is 2. The third kappa shape index (κ3) is 5.59. The quantitative estimate of drug-likeness (QED) is 0.409. The Morgan fingerprint density at radius 3 is 2.58 bits per heavy atom. The third-order valence-corrected chi connectivity index (χ3v) is 6.43. The highest BCUT2D eigenvalue weighted by Gasteiger charge is 2.20. The maximum absolute atomic E-state index is 12.6. The van der Waals surface area contributed by atoms with Gasteiger partial charge in [0, 0.05) is 29.9 Å². The molecule has 0 aliphatic rings. The topological polar surface area (TPSA) is 92.7 Å². The number of hydrogen-bond donors (Lipinski definition) is 2. The van der Waals surface area contributed by atoms with Crippen molar-refractivity contribution in [2.75, 3.05) is 5.32 Å². The van der Waals surface area contributed by atoms with Gasteiger partial charge in [-0.05, 0) is 42.3 Å². The minimum Gasteiger partial charge on any atom is -0.347 e. The minimum absolute atomic E-state index is 0.0659. The van der Waals surface area contributed by atoms with Crippen molar-refractivity contribution in [3.05, 3.63) is 82.1 Å². The average Bonchev–Trinajstić information content (AvgIpc) is 3.30. The fraction of sp³-hybridized carbons (Fsp3) is 0.240. The summed E-state index contributed by atoms with van der Waals surface area (Å²) in [7, 11) is 0. The molecule has 7 nitrogen and oxygen atoms in total. The van der Waals surface area contributed by atoms with E-state index in [-0.39, 0.29) is 11.3 Å². The summed E-state index contributed by atoms with van der Waals surface area (Å²) in [6, 6.07) is 13.6. The molecule has 168 valence electrons. The predicted molar refractivity (Wildman–Crippen MR) is 132 cm³/mol. The number of amides is 1. The standard InChI is InChI=1S/C25H26N6OS/c1-16-13-17(19-10-12-27-24(30-19)31-21-7-5-6-11-26-21)8-9-18(16)14-28-22(32)20-15-29-23(33-20)25(2,3)4/h5-13,15H,14H2,1-4H3,(H,28,32)(H,26,27,30,31). The van der Waals surface area contributed by atoms with Crippen molar-refractivity contribution >= 4 is 29.0 Å². The van der Waals surface area contributed by atoms with E-state index in [1.807, 2.05) is 43.3 Å². The van der Waals surface area contributed by atoms with Gasteiger partial charge in [-0.3, -0.25) is 4.79 Å². The lowest BCUT2D eigenvalue weighted by atomic mass is 9.98. The summed E-state index contributed by atoms with van der Waals surface area (Å²) in [4.78, 5) is 30.7. The molecule has 1 amide bonds. The molecule has 8 heteroatoms. The molecular weight excluding hydrogens is 432 g/mol. The average molecular weight is 459 g/mol. The van der Waals surface area contributed by atoms with Crippen LogP contribution in [0.15, 0.2) is 61.1 Å². The van der Waals surface area contributed by atoms with E-state index in [1.165, 1.54) is 11.3 Å². The fourth-order valence-electron chi connectivity index (χ4n) is 3.17. The van der Waals surface area contributed by atoms with Crippen LogP contribution in [0, 0.1) is 6.92 Å². The van der Waals surface area contributed by atoms with Crippen molar-refractivity contribution in [3.63, 3.8) is 0 Å². The Balaban J connectivity index is 1.43. The van der Waals surface area contributed by atoms with Crippen LogP contribution in [0.25, 0.3) is 11.3 Å². The van der Waals surface area contributed by atoms with Crippen molar-refractivity contribution in [1.82, 2.24) is 25.3 Å². The summed E-state index contributed by atoms with van der Waals surface area (Å²) in [5.74, 6) is 1.07. The first-order valence-electron chi connectivity index (χ1n) is 10.6. The van der Waals surface area contributed by atoms with Gasteiger partial charge >= 0.3 is 0 Å². The molecule has 2 N–H and O–H groups in total. The molecule has 0 spiro atoms. The van der Waals surface area contributed by atoms with E-state index in [1.54, 1.807) is 18.6 Å². The number of carbonyl (C=O) groups is 1. The van der Waals surface area contributed by atoms with E-state index < -0.39 is 0 Å². The summed E-state index contributed by atoms with van der Waals surface area (Å²) in [5, 5.41) is 7.07. The van der Waals surface area contributed by atoms with E-state index in [9.17, 15) is 4.79 Å². The lowest BCUT2D eigenvalue weighted by molar-refractivity contribution is 0.0954. The lowest BCUT2D eigenvalue weighted by Crippen LogP contribution is -2.22. The van der Waals surface area contributed by atoms with Gasteiger partial charge in [0.2, 0.25) is 5.95 Å². The SMILES string of the molecule is Cc1cc(-c2ccnc(Nc3ccccn3)n2)ccc1CNC(=O)c1cnc(C(C)(C)C)s1. The normalized spacial score (nSPS) is 11.3. The number of thiazole rings is 1. The second kappa shape index (κ2) is 9.46. The molecule has 0 bridgehead atoms. The number of nitrogens with one attached hydrogen (secondary N) is 2. The molecule has 3 aromatic heterocycles. The van der Waals surface area contributed by atoms with Gasteiger partial charge in [0.05, 0.1) is 16.9 Å². The van der Waals surface area contributed by atoms with E-state index in [0.717, 1.165) is 27.4 Å². The number of aromatic nitrogens is 4. The van der Waals surface area contributed by atoms with E-state index in [4.69, 9.17) is 0 Å². The molecule has 4 rings (SSSR count). The monoisotopic (exact) mass is 458 g/mol. The van der Waals surface area contributed by atoms with Crippen LogP contribution >= 0.6 is 11.3 Å². The van der Waals surface area contributed by atoms with Crippen molar-refractivity contribution in [2.24, 2.45) is 0 Å². The first-order valence-corrected chi connectivity index (χ1v) is 11.5. The molecule has 4 aromatic rings. The van der Waals surface area contributed by atoms with Crippen molar-refractivity contribution in [2.45, 2.75) is 39.7 Å². The van der Waals surface area contributed by atoms with Crippen LogP contribution in [0.5, 0.6) is 0 Å². The fourth-order valence-corrected chi connectivity index (χ4v) is 4.06. The Morgan fingerprint density at radius 1 is 1.03 bits per heavy atom. The van der Waals surface area contributed by atoms with Gasteiger partial charge in [-0.25, -0.2) is 19.9 Å². The molecule has 0 aliphatic heterocycles. The molecule has 0 fully saturated rings. The number of benzene rings is 1. The number of pyridine rings is 1. The van der Waals surface area contributed by atoms with Gasteiger partial charge in [0.15, 0.2) is 0 Å². The molecular formula is C25H26N6OS. The van der Waals surface area contributed by atoms with Crippen molar-refractivity contribution in [1.29, 1.82) is 0 Å². The first-order chi connectivity index (χ1) is 15.8. The maximum atomic E-state index is 12.6. The van der Waals surface area contributed by atoms with E-state index >= 15 is 0 Å². The highest BCUT2D eigenvalue weighted by atomic mass is 32.1. The molecule has 0 aliphatic carbocycles. The number of rotatable bonds is 6. The number of carbonyl (C=O) groups excluding carboxylic acids is 1. The molecule has 0 unspecified atom stereocenters. The first kappa shape index (κ1) is 22.5. The number of aryl methyl sites for hydroxylation is 1. The highest BCUT2D eigenvalue weighted by Crippen LogP contribution is 2.27. The van der Waals surface area contributed by atoms with Crippen LogP contribution < -0.4 is 10.6 Å². The van der Waals surface area contributed by atoms with Crippen LogP contribution in [0.2, 0.25) is 0 Å². The largest absolute Gasteiger partial charge is 0.347 e. The lowest BCUT2D eigenvalue weighted by Gasteiger charge is -2.13. The molecule has 0 radical (unpaired) electrons. The second-order valence-corrected chi connectivity index (χ2v) is 9.74. The Labute approximate surface area is 197 Å². The second-order valence-electron chi connectivity index (χ2n) is 8.71. The third-order valence-electron chi connectivity index (χ3n) is 5.01. The minimum atomic E-state index is -0.104. The van der Waals surface area contributed by atoms with E-state index in [0.29, 0.717) is 23.2 Å². The van der Waals surface area contributed by atoms with Crippen LogP contribution in [-0.4, -0.2) is 25.8 Å². The smallest absolute Gasteiger partial charge is 0.263 e. The Hall–Kier alpha value is -3.65. The summed E-state index contributed by atoms with van der Waals surface area (Å²) < 4.78 is 0. The van der Waals surface area contributed by atoms with Gasteiger partial charge < -0.3 is 10.6 Å². The number of nitrogens with zero attached hydrogens (tertiary/aromatic N) is 4. The van der Waals surface area contributed by atoms with Crippen molar-refractivity contribution in [3.8, 4) is 11.3 Å². The molecule has 0 atom stereocenters. The zero-order chi connectivity index (χ0) is 23.4. The van der Waals surface area contributed by atoms with E-state index in [2.05, 4.69) is 57.4 Å². The predicted octanol–water partition coefficient (Wildman–Crippen LogP) is 5.27. The summed E-state index contributed by atoms with van der Waals surface area (Å²) in [6.07, 6.45) is 5.09. The van der Waals surface area contributed by atoms with Crippen LogP contribution in [-0.2, 0) is 12.0 Å². The zero-order valence-corrected chi connectivity index (χ0v) is 19.9. The molecule has 1 aromatic carbocycles. The molecule has 0 saturated heterocycles. The zero-order valence-electron chi connectivity index (χ0n) is 19.1. The van der Waals surface area contributed by atoms with Gasteiger partial charge in [0.1, 0.15) is 10.7 Å². The maximum Gasteiger partial charge on any atom is 0.263 e. The van der Waals surface area contributed by atoms with Crippen LogP contribution in [0.4, 0.5) is 11.8 Å². The molecule has 0 saturated carbocycles. The Kier molecular flexibility index (Phi) is 6.46. The molecule has 33 heavy (non-hydrogen) atoms. The summed E-state index contributed by atoms with van der Waals surface area (Å²) in [5.41, 5.74) is 3.84. The van der Waals surface area contributed by atoms with Crippen LogP contribution in [0.3, 0.4) is 0 Å². The highest BCUT2D eigenvalue weighted by molar-refractivity contribution is 7.13. The Bertz CT molecular complexity index is 1260. The van der Waals surface area contributed by atoms with Gasteiger partial charge in [-0.2, -0.15) is 0 Å². The number of hydrogen-bond acceptors (Lipinski definition) is 7. The van der Waals surface area contributed by atoms with Gasteiger partial charge in [0.25, 0.3) is 5.91 Å².